The molecule has 3 aromatic rings. The molecule has 1 aliphatic rings. The van der Waals surface area contributed by atoms with Crippen LogP contribution < -0.4 is 5.32 Å². The molecule has 1 amide bonds. The van der Waals surface area contributed by atoms with E-state index in [1.807, 2.05) is 78.9 Å². The largest absolute Gasteiger partial charge is 0.445 e. The number of nitrogens with zero attached hydrogens (tertiary/aromatic N) is 1. The summed E-state index contributed by atoms with van der Waals surface area (Å²) in [5.74, 6) is -0.261. The molecule has 1 heterocycles. The van der Waals surface area contributed by atoms with Gasteiger partial charge in [0.15, 0.2) is 0 Å². The number of likely N-dealkylation sites (tertiary alicyclic amines) is 1. The third-order valence-corrected chi connectivity index (χ3v) is 6.37. The Morgan fingerprint density at radius 1 is 1.03 bits per heavy atom. The molecule has 0 saturated carbocycles. The summed E-state index contributed by atoms with van der Waals surface area (Å²) in [6.07, 6.45) is -0.504. The number of carbonyl (C=O) groups is 1. The smallest absolute Gasteiger partial charge is 0.410 e. The van der Waals surface area contributed by atoms with Crippen molar-refractivity contribution in [3.05, 3.63) is 100 Å². The number of hydrogen-bond acceptors (Lipinski definition) is 4. The van der Waals surface area contributed by atoms with Gasteiger partial charge in [-0.15, -0.1) is 0 Å². The number of amides is 1. The minimum Gasteiger partial charge on any atom is -0.445 e. The number of hydrogen-bond donors (Lipinski definition) is 2. The molecule has 3 aromatic carbocycles. The average molecular weight is 485 g/mol. The number of anilines is 1. The maximum Gasteiger partial charge on any atom is 0.410 e. The molecule has 7 heteroatoms. The van der Waals surface area contributed by atoms with Crippen LogP contribution in [0.2, 0.25) is 10.0 Å². The highest BCUT2D eigenvalue weighted by Crippen LogP contribution is 2.34. The number of nitrogens with one attached hydrogen (secondary N) is 1. The minimum absolute atomic E-state index is 0.213. The molecule has 1 fully saturated rings. The summed E-state index contributed by atoms with van der Waals surface area (Å²) in [7, 11) is 0. The number of rotatable bonds is 6. The lowest BCUT2D eigenvalue weighted by Gasteiger charge is -2.40. The second-order valence-electron chi connectivity index (χ2n) is 8.19. The number of aliphatic hydroxyl groups excluding tert-OH is 1. The minimum atomic E-state index is -0.587. The summed E-state index contributed by atoms with van der Waals surface area (Å²) >= 11 is 12.3. The first-order valence-corrected chi connectivity index (χ1v) is 11.7. The predicted octanol–water partition coefficient (Wildman–Crippen LogP) is 6.17. The van der Waals surface area contributed by atoms with Crippen LogP contribution in [0.5, 0.6) is 0 Å². The van der Waals surface area contributed by atoms with Gasteiger partial charge in [0, 0.05) is 34.7 Å². The topological polar surface area (TPSA) is 61.8 Å². The highest BCUT2D eigenvalue weighted by molar-refractivity contribution is 6.31. The van der Waals surface area contributed by atoms with Gasteiger partial charge in [0.25, 0.3) is 0 Å². The molecule has 0 aliphatic carbocycles. The molecule has 0 radical (unpaired) electrons. The molecule has 33 heavy (non-hydrogen) atoms. The zero-order valence-corrected chi connectivity index (χ0v) is 19.5. The maximum absolute atomic E-state index is 12.8. The van der Waals surface area contributed by atoms with Crippen molar-refractivity contribution in [1.29, 1.82) is 0 Å². The summed E-state index contributed by atoms with van der Waals surface area (Å²) in [4.78, 5) is 14.5. The number of halogens is 2. The lowest BCUT2D eigenvalue weighted by Crippen LogP contribution is -2.49. The summed E-state index contributed by atoms with van der Waals surface area (Å²) in [6, 6.07) is 24.3. The molecule has 5 nitrogen and oxygen atoms in total. The van der Waals surface area contributed by atoms with Crippen LogP contribution in [0.25, 0.3) is 0 Å². The van der Waals surface area contributed by atoms with E-state index in [-0.39, 0.29) is 24.7 Å². The van der Waals surface area contributed by atoms with E-state index >= 15 is 0 Å². The van der Waals surface area contributed by atoms with E-state index in [2.05, 4.69) is 5.32 Å². The normalized spacial score (nSPS) is 19.1. The first-order valence-electron chi connectivity index (χ1n) is 10.9. The Hall–Kier alpha value is -2.73. The monoisotopic (exact) mass is 484 g/mol. The second-order valence-corrected chi connectivity index (χ2v) is 9.06. The van der Waals surface area contributed by atoms with Crippen LogP contribution in [0, 0.1) is 5.92 Å². The van der Waals surface area contributed by atoms with Crippen molar-refractivity contribution in [3.8, 4) is 0 Å². The molecule has 4 rings (SSSR count). The lowest BCUT2D eigenvalue weighted by molar-refractivity contribution is 0.0117. The van der Waals surface area contributed by atoms with Crippen molar-refractivity contribution in [2.45, 2.75) is 25.2 Å². The Bertz CT molecular complexity index is 1060. The Morgan fingerprint density at radius 3 is 2.52 bits per heavy atom. The first kappa shape index (κ1) is 23.4. The van der Waals surface area contributed by atoms with Crippen LogP contribution in [0.1, 0.15) is 23.6 Å². The van der Waals surface area contributed by atoms with Gasteiger partial charge in [0.2, 0.25) is 0 Å². The fourth-order valence-corrected chi connectivity index (χ4v) is 4.46. The van der Waals surface area contributed by atoms with E-state index < -0.39 is 6.10 Å². The first-order chi connectivity index (χ1) is 16.0. The van der Waals surface area contributed by atoms with E-state index in [1.54, 1.807) is 4.90 Å². The van der Waals surface area contributed by atoms with Gasteiger partial charge in [-0.25, -0.2) is 4.79 Å². The zero-order chi connectivity index (χ0) is 23.2. The molecule has 0 unspecified atom stereocenters. The number of ether oxygens (including phenoxy) is 1. The van der Waals surface area contributed by atoms with E-state index in [0.29, 0.717) is 29.6 Å². The van der Waals surface area contributed by atoms with Crippen LogP contribution in [0.3, 0.4) is 0 Å². The molecule has 2 N–H and O–H groups in total. The highest BCUT2D eigenvalue weighted by Gasteiger charge is 2.37. The Morgan fingerprint density at radius 2 is 1.79 bits per heavy atom. The zero-order valence-electron chi connectivity index (χ0n) is 18.0. The quantitative estimate of drug-likeness (QED) is 0.439. The van der Waals surface area contributed by atoms with E-state index in [1.165, 1.54) is 0 Å². The predicted molar refractivity (Wildman–Crippen MR) is 132 cm³/mol. The maximum atomic E-state index is 12.8. The highest BCUT2D eigenvalue weighted by atomic mass is 35.5. The Labute approximate surface area is 203 Å². The standard InChI is InChI=1S/C26H26Cl2N2O3/c27-20-11-9-19(10-12-20)25(29-22-8-4-7-21(28)15-22)23-16-30(14-13-24(23)31)26(32)33-17-18-5-2-1-3-6-18/h1-12,15,23-25,29,31H,13-14,16-17H2/t23-,24-,25-/m1/s1. The van der Waals surface area contributed by atoms with Gasteiger partial charge in [0.05, 0.1) is 12.1 Å². The number of aliphatic hydroxyl groups is 1. The molecule has 172 valence electrons. The van der Waals surface area contributed by atoms with Gasteiger partial charge in [-0.2, -0.15) is 0 Å². The van der Waals surface area contributed by atoms with Gasteiger partial charge < -0.3 is 20.1 Å². The van der Waals surface area contributed by atoms with E-state index in [9.17, 15) is 9.90 Å². The number of benzene rings is 3. The van der Waals surface area contributed by atoms with Gasteiger partial charge in [-0.1, -0.05) is 71.7 Å². The van der Waals surface area contributed by atoms with E-state index in [0.717, 1.165) is 16.8 Å². The third-order valence-electron chi connectivity index (χ3n) is 5.89. The van der Waals surface area contributed by atoms with Gasteiger partial charge in [-0.05, 0) is 47.9 Å². The SMILES string of the molecule is O=C(OCc1ccccc1)N1CC[C@@H](O)[C@H]([C@H](Nc2cccc(Cl)c2)c2ccc(Cl)cc2)C1. The average Bonchev–Trinajstić information content (AvgIpc) is 2.83. The van der Waals surface area contributed by atoms with Crippen LogP contribution in [0.4, 0.5) is 10.5 Å². The van der Waals surface area contributed by atoms with Gasteiger partial charge in [-0.3, -0.25) is 0 Å². The molecule has 1 saturated heterocycles. The molecule has 0 aromatic heterocycles. The van der Waals surface area contributed by atoms with Crippen LogP contribution in [-0.4, -0.2) is 35.3 Å². The summed E-state index contributed by atoms with van der Waals surface area (Å²) in [6.45, 7) is 1.01. The summed E-state index contributed by atoms with van der Waals surface area (Å²) in [5, 5.41) is 15.7. The van der Waals surface area contributed by atoms with Gasteiger partial charge >= 0.3 is 6.09 Å². The van der Waals surface area contributed by atoms with Crippen molar-refractivity contribution >= 4 is 35.0 Å². The van der Waals surface area contributed by atoms with Crippen molar-refractivity contribution in [2.75, 3.05) is 18.4 Å². The Kier molecular flexibility index (Phi) is 7.76. The molecular weight excluding hydrogens is 459 g/mol. The second kappa shape index (κ2) is 10.9. The number of piperidine rings is 1. The molecule has 1 aliphatic heterocycles. The molecule has 0 spiro atoms. The van der Waals surface area contributed by atoms with Crippen molar-refractivity contribution in [2.24, 2.45) is 5.92 Å². The van der Waals surface area contributed by atoms with Crippen LogP contribution in [0.15, 0.2) is 78.9 Å². The molecule has 0 bridgehead atoms. The lowest BCUT2D eigenvalue weighted by atomic mass is 9.84. The van der Waals surface area contributed by atoms with Crippen molar-refractivity contribution in [3.63, 3.8) is 0 Å². The molecule has 3 atom stereocenters. The Balaban J connectivity index is 1.52. The van der Waals surface area contributed by atoms with Crippen molar-refractivity contribution < 1.29 is 14.6 Å². The molecular formula is C26H26Cl2N2O3. The summed E-state index contributed by atoms with van der Waals surface area (Å²) < 4.78 is 5.54. The third kappa shape index (κ3) is 6.20. The van der Waals surface area contributed by atoms with E-state index in [4.69, 9.17) is 27.9 Å². The van der Waals surface area contributed by atoms with Crippen molar-refractivity contribution in [1.82, 2.24) is 4.90 Å². The van der Waals surface area contributed by atoms with Crippen LogP contribution >= 0.6 is 23.2 Å². The van der Waals surface area contributed by atoms with Gasteiger partial charge in [0.1, 0.15) is 6.61 Å². The fourth-order valence-electron chi connectivity index (χ4n) is 4.14. The number of carbonyl (C=O) groups excluding carboxylic acids is 1. The van der Waals surface area contributed by atoms with Crippen LogP contribution in [-0.2, 0) is 11.3 Å². The fraction of sp³-hybridized carbons (Fsp3) is 0.269. The summed E-state index contributed by atoms with van der Waals surface area (Å²) in [5.41, 5.74) is 2.72.